The third-order valence-electron chi connectivity index (χ3n) is 3.13. The van der Waals surface area contributed by atoms with Crippen LogP contribution >= 0.6 is 0 Å². The minimum absolute atomic E-state index is 0.0109. The molecular weight excluding hydrogens is 236 g/mol. The highest BCUT2D eigenvalue weighted by molar-refractivity contribution is 5.77. The standard InChI is InChI=1S/C12H22N2O4/c1-3-8(2)14-11(15)7-18-10-4-9(12(16)17)5-13-6-10/h8-10,13H,3-7H2,1-2H3,(H,14,15)(H,16,17). The zero-order chi connectivity index (χ0) is 13.5. The Labute approximate surface area is 107 Å². The van der Waals surface area contributed by atoms with Crippen LogP contribution in [-0.2, 0) is 14.3 Å². The summed E-state index contributed by atoms with van der Waals surface area (Å²) in [5.74, 6) is -1.40. The molecule has 1 aliphatic heterocycles. The first-order valence-corrected chi connectivity index (χ1v) is 6.37. The average molecular weight is 258 g/mol. The molecule has 0 saturated carbocycles. The molecule has 0 radical (unpaired) electrons. The molecule has 18 heavy (non-hydrogen) atoms. The zero-order valence-corrected chi connectivity index (χ0v) is 10.9. The van der Waals surface area contributed by atoms with Crippen LogP contribution in [0.3, 0.4) is 0 Å². The molecule has 1 heterocycles. The molecular formula is C12H22N2O4. The minimum atomic E-state index is -0.820. The summed E-state index contributed by atoms with van der Waals surface area (Å²) in [4.78, 5) is 22.3. The lowest BCUT2D eigenvalue weighted by Crippen LogP contribution is -2.45. The van der Waals surface area contributed by atoms with E-state index in [-0.39, 0.29) is 24.7 Å². The van der Waals surface area contributed by atoms with Gasteiger partial charge in [0.25, 0.3) is 0 Å². The normalized spacial score (nSPS) is 25.4. The average Bonchev–Trinajstić information content (AvgIpc) is 2.36. The predicted molar refractivity (Wildman–Crippen MR) is 66.2 cm³/mol. The Balaban J connectivity index is 2.26. The molecule has 1 saturated heterocycles. The fourth-order valence-electron chi connectivity index (χ4n) is 1.83. The number of carbonyl (C=O) groups excluding carboxylic acids is 1. The largest absolute Gasteiger partial charge is 0.481 e. The van der Waals surface area contributed by atoms with E-state index in [1.807, 2.05) is 13.8 Å². The van der Waals surface area contributed by atoms with Gasteiger partial charge in [0.05, 0.1) is 12.0 Å². The van der Waals surface area contributed by atoms with Gasteiger partial charge in [0.2, 0.25) is 5.91 Å². The van der Waals surface area contributed by atoms with Crippen molar-refractivity contribution in [2.75, 3.05) is 19.7 Å². The predicted octanol–water partition coefficient (Wildman–Crippen LogP) is -0.0196. The Morgan fingerprint density at radius 3 is 2.83 bits per heavy atom. The van der Waals surface area contributed by atoms with E-state index in [0.717, 1.165) is 6.42 Å². The molecule has 0 aromatic carbocycles. The second-order valence-electron chi connectivity index (χ2n) is 4.74. The number of rotatable bonds is 6. The van der Waals surface area contributed by atoms with Gasteiger partial charge >= 0.3 is 5.97 Å². The Kier molecular flexibility index (Phi) is 6.07. The van der Waals surface area contributed by atoms with Gasteiger partial charge in [-0.05, 0) is 19.8 Å². The Morgan fingerprint density at radius 2 is 2.22 bits per heavy atom. The van der Waals surface area contributed by atoms with E-state index in [1.165, 1.54) is 0 Å². The summed E-state index contributed by atoms with van der Waals surface area (Å²) in [6, 6.07) is 0.136. The third-order valence-corrected chi connectivity index (χ3v) is 3.13. The van der Waals surface area contributed by atoms with Crippen LogP contribution in [0.4, 0.5) is 0 Å². The van der Waals surface area contributed by atoms with Gasteiger partial charge in [0.1, 0.15) is 6.61 Å². The van der Waals surface area contributed by atoms with Crippen molar-refractivity contribution in [3.05, 3.63) is 0 Å². The van der Waals surface area contributed by atoms with Crippen molar-refractivity contribution >= 4 is 11.9 Å². The summed E-state index contributed by atoms with van der Waals surface area (Å²) in [7, 11) is 0. The Hall–Kier alpha value is -1.14. The van der Waals surface area contributed by atoms with E-state index in [2.05, 4.69) is 10.6 Å². The van der Waals surface area contributed by atoms with Crippen molar-refractivity contribution in [2.45, 2.75) is 38.8 Å². The molecule has 3 unspecified atom stereocenters. The van der Waals surface area contributed by atoms with Crippen molar-refractivity contribution in [3.63, 3.8) is 0 Å². The van der Waals surface area contributed by atoms with Gasteiger partial charge < -0.3 is 20.5 Å². The van der Waals surface area contributed by atoms with Gasteiger partial charge in [0.15, 0.2) is 0 Å². The van der Waals surface area contributed by atoms with Crippen molar-refractivity contribution in [2.24, 2.45) is 5.92 Å². The number of piperidine rings is 1. The lowest BCUT2D eigenvalue weighted by Gasteiger charge is -2.27. The van der Waals surface area contributed by atoms with Crippen LogP contribution in [0.15, 0.2) is 0 Å². The van der Waals surface area contributed by atoms with Crippen molar-refractivity contribution in [3.8, 4) is 0 Å². The van der Waals surface area contributed by atoms with Crippen molar-refractivity contribution < 1.29 is 19.4 Å². The molecule has 0 spiro atoms. The first kappa shape index (κ1) is 14.9. The van der Waals surface area contributed by atoms with Crippen LogP contribution in [0.1, 0.15) is 26.7 Å². The second-order valence-corrected chi connectivity index (χ2v) is 4.74. The molecule has 6 nitrogen and oxygen atoms in total. The minimum Gasteiger partial charge on any atom is -0.481 e. The number of ether oxygens (including phenoxy) is 1. The summed E-state index contributed by atoms with van der Waals surface area (Å²) < 4.78 is 5.43. The number of hydrogen-bond acceptors (Lipinski definition) is 4. The lowest BCUT2D eigenvalue weighted by molar-refractivity contribution is -0.144. The highest BCUT2D eigenvalue weighted by Gasteiger charge is 2.27. The summed E-state index contributed by atoms with van der Waals surface area (Å²) in [5, 5.41) is 14.7. The molecule has 0 bridgehead atoms. The summed E-state index contributed by atoms with van der Waals surface area (Å²) in [6.07, 6.45) is 1.12. The highest BCUT2D eigenvalue weighted by atomic mass is 16.5. The molecule has 0 aromatic rings. The molecule has 6 heteroatoms. The number of nitrogens with one attached hydrogen (secondary N) is 2. The number of aliphatic carboxylic acids is 1. The van der Waals surface area contributed by atoms with E-state index in [0.29, 0.717) is 19.5 Å². The number of hydrogen-bond donors (Lipinski definition) is 3. The second kappa shape index (κ2) is 7.33. The smallest absolute Gasteiger partial charge is 0.307 e. The topological polar surface area (TPSA) is 87.7 Å². The molecule has 1 rings (SSSR count). The monoisotopic (exact) mass is 258 g/mol. The van der Waals surface area contributed by atoms with Crippen LogP contribution in [0, 0.1) is 5.92 Å². The fraction of sp³-hybridized carbons (Fsp3) is 0.833. The molecule has 3 atom stereocenters. The van der Waals surface area contributed by atoms with Crippen LogP contribution in [-0.4, -0.2) is 48.8 Å². The van der Waals surface area contributed by atoms with Gasteiger partial charge in [-0.1, -0.05) is 6.92 Å². The molecule has 0 aliphatic carbocycles. The number of carboxylic acid groups (broad SMARTS) is 1. The highest BCUT2D eigenvalue weighted by Crippen LogP contribution is 2.13. The van der Waals surface area contributed by atoms with Gasteiger partial charge in [-0.25, -0.2) is 0 Å². The Morgan fingerprint density at radius 1 is 1.50 bits per heavy atom. The van der Waals surface area contributed by atoms with Crippen LogP contribution in [0.2, 0.25) is 0 Å². The van der Waals surface area contributed by atoms with Crippen LogP contribution < -0.4 is 10.6 Å². The van der Waals surface area contributed by atoms with Crippen LogP contribution in [0.5, 0.6) is 0 Å². The van der Waals surface area contributed by atoms with Gasteiger partial charge in [-0.15, -0.1) is 0 Å². The van der Waals surface area contributed by atoms with Gasteiger partial charge in [-0.2, -0.15) is 0 Å². The summed E-state index contributed by atoms with van der Waals surface area (Å²) >= 11 is 0. The van der Waals surface area contributed by atoms with E-state index in [9.17, 15) is 9.59 Å². The Bertz CT molecular complexity index is 296. The number of amides is 1. The summed E-state index contributed by atoms with van der Waals surface area (Å²) in [5.41, 5.74) is 0. The first-order chi connectivity index (χ1) is 8.52. The lowest BCUT2D eigenvalue weighted by atomic mass is 9.98. The van der Waals surface area contributed by atoms with E-state index >= 15 is 0 Å². The van der Waals surface area contributed by atoms with E-state index in [1.54, 1.807) is 0 Å². The maximum atomic E-state index is 11.5. The number of carboxylic acids is 1. The van der Waals surface area contributed by atoms with Crippen LogP contribution in [0.25, 0.3) is 0 Å². The van der Waals surface area contributed by atoms with Gasteiger partial charge in [0, 0.05) is 19.1 Å². The first-order valence-electron chi connectivity index (χ1n) is 6.37. The van der Waals surface area contributed by atoms with Gasteiger partial charge in [-0.3, -0.25) is 9.59 Å². The molecule has 1 amide bonds. The molecule has 1 aliphatic rings. The number of carbonyl (C=O) groups is 2. The maximum Gasteiger partial charge on any atom is 0.307 e. The SMILES string of the molecule is CCC(C)NC(=O)COC1CNCC(C(=O)O)C1. The molecule has 3 N–H and O–H groups in total. The fourth-order valence-corrected chi connectivity index (χ4v) is 1.83. The zero-order valence-electron chi connectivity index (χ0n) is 10.9. The van der Waals surface area contributed by atoms with E-state index < -0.39 is 11.9 Å². The molecule has 104 valence electrons. The molecule has 1 fully saturated rings. The molecule has 0 aromatic heterocycles. The van der Waals surface area contributed by atoms with Crippen molar-refractivity contribution in [1.29, 1.82) is 0 Å². The van der Waals surface area contributed by atoms with Crippen molar-refractivity contribution in [1.82, 2.24) is 10.6 Å². The third kappa shape index (κ3) is 5.01. The van der Waals surface area contributed by atoms with E-state index in [4.69, 9.17) is 9.84 Å². The summed E-state index contributed by atoms with van der Waals surface area (Å²) in [6.45, 7) is 4.98. The maximum absolute atomic E-state index is 11.5. The quantitative estimate of drug-likeness (QED) is 0.623.